The van der Waals surface area contributed by atoms with Crippen LogP contribution in [0.25, 0.3) is 10.1 Å². The van der Waals surface area contributed by atoms with Crippen molar-refractivity contribution in [1.29, 1.82) is 0 Å². The van der Waals surface area contributed by atoms with Crippen LogP contribution < -0.4 is 10.1 Å². The lowest BCUT2D eigenvalue weighted by Crippen LogP contribution is -2.22. The lowest BCUT2D eigenvalue weighted by Gasteiger charge is -2.11. The summed E-state index contributed by atoms with van der Waals surface area (Å²) in [5, 5.41) is 3.90. The Hall–Kier alpha value is -2.13. The summed E-state index contributed by atoms with van der Waals surface area (Å²) in [6.45, 7) is 0. The summed E-state index contributed by atoms with van der Waals surface area (Å²) >= 11 is 7.62. The van der Waals surface area contributed by atoms with Crippen LogP contribution in [-0.2, 0) is 10.0 Å². The molecule has 6 nitrogen and oxygen atoms in total. The number of amides is 1. The van der Waals surface area contributed by atoms with E-state index in [0.29, 0.717) is 21.3 Å². The third kappa shape index (κ3) is 3.79. The van der Waals surface area contributed by atoms with Gasteiger partial charge < -0.3 is 10.1 Å². The summed E-state index contributed by atoms with van der Waals surface area (Å²) in [7, 11) is 0.982. The van der Waals surface area contributed by atoms with Crippen molar-refractivity contribution in [2.75, 3.05) is 26.5 Å². The second-order valence-electron chi connectivity index (χ2n) is 5.87. The van der Waals surface area contributed by atoms with Gasteiger partial charge in [0.15, 0.2) is 0 Å². The number of hydrogen-bond donors (Lipinski definition) is 1. The largest absolute Gasteiger partial charge is 0.497 e. The fourth-order valence-electron chi connectivity index (χ4n) is 2.43. The number of methoxy groups -OCH3 is 1. The van der Waals surface area contributed by atoms with E-state index in [0.717, 1.165) is 14.4 Å². The van der Waals surface area contributed by atoms with Crippen LogP contribution in [0.2, 0.25) is 5.02 Å². The highest BCUT2D eigenvalue weighted by atomic mass is 35.5. The van der Waals surface area contributed by atoms with Gasteiger partial charge in [-0.15, -0.1) is 11.3 Å². The van der Waals surface area contributed by atoms with Gasteiger partial charge in [0.05, 0.1) is 17.0 Å². The van der Waals surface area contributed by atoms with Crippen molar-refractivity contribution in [2.24, 2.45) is 0 Å². The van der Waals surface area contributed by atoms with Gasteiger partial charge in [-0.25, -0.2) is 12.7 Å². The zero-order valence-corrected chi connectivity index (χ0v) is 17.2. The molecule has 3 rings (SSSR count). The first-order chi connectivity index (χ1) is 12.7. The molecule has 0 atom stereocenters. The van der Waals surface area contributed by atoms with Gasteiger partial charge in [-0.1, -0.05) is 11.6 Å². The van der Waals surface area contributed by atoms with Gasteiger partial charge in [-0.05, 0) is 42.5 Å². The van der Waals surface area contributed by atoms with Gasteiger partial charge in [-0.2, -0.15) is 0 Å². The van der Waals surface area contributed by atoms with Gasteiger partial charge in [-0.3, -0.25) is 4.79 Å². The summed E-state index contributed by atoms with van der Waals surface area (Å²) < 4.78 is 31.4. The molecule has 1 aromatic heterocycles. The number of nitrogens with one attached hydrogen (secondary N) is 1. The molecule has 9 heteroatoms. The van der Waals surface area contributed by atoms with E-state index in [1.807, 2.05) is 12.1 Å². The Morgan fingerprint density at radius 2 is 1.81 bits per heavy atom. The maximum Gasteiger partial charge on any atom is 0.267 e. The lowest BCUT2D eigenvalue weighted by molar-refractivity contribution is 0.103. The smallest absolute Gasteiger partial charge is 0.267 e. The van der Waals surface area contributed by atoms with Crippen LogP contribution in [-0.4, -0.2) is 39.8 Å². The Bertz CT molecular complexity index is 1110. The predicted molar refractivity (Wildman–Crippen MR) is 109 cm³/mol. The first-order valence-electron chi connectivity index (χ1n) is 7.84. The van der Waals surface area contributed by atoms with Crippen LogP contribution in [0.3, 0.4) is 0 Å². The van der Waals surface area contributed by atoms with Crippen LogP contribution in [0.4, 0.5) is 5.69 Å². The van der Waals surface area contributed by atoms with E-state index in [1.54, 1.807) is 25.3 Å². The minimum atomic E-state index is -3.52. The Morgan fingerprint density at radius 1 is 1.15 bits per heavy atom. The van der Waals surface area contributed by atoms with Crippen molar-refractivity contribution >= 4 is 54.6 Å². The number of hydrogen-bond acceptors (Lipinski definition) is 5. The summed E-state index contributed by atoms with van der Waals surface area (Å²) in [5.74, 6) is 0.327. The Balaban J connectivity index is 1.85. The number of thiophene rings is 1. The van der Waals surface area contributed by atoms with Gasteiger partial charge in [0.25, 0.3) is 5.91 Å². The number of anilines is 1. The summed E-state index contributed by atoms with van der Waals surface area (Å²) in [6.07, 6.45) is 0. The van der Waals surface area contributed by atoms with Crippen LogP contribution in [0.5, 0.6) is 5.75 Å². The standard InChI is InChI=1S/C18H17ClN2O4S2/c1-21(2)27(23,24)13-7-4-11(5-8-13)20-18(22)17-16(19)14-9-6-12(25-3)10-15(14)26-17/h4-10H,1-3H3,(H,20,22). The number of carbonyl (C=O) groups excluding carboxylic acids is 1. The monoisotopic (exact) mass is 424 g/mol. The predicted octanol–water partition coefficient (Wildman–Crippen LogP) is 4.07. The highest BCUT2D eigenvalue weighted by molar-refractivity contribution is 7.89. The average Bonchev–Trinajstić information content (AvgIpc) is 2.98. The SMILES string of the molecule is COc1ccc2c(Cl)c(C(=O)Nc3ccc(S(=O)(=O)N(C)C)cc3)sc2c1. The van der Waals surface area contributed by atoms with Crippen LogP contribution in [0.15, 0.2) is 47.4 Å². The number of rotatable bonds is 5. The molecule has 0 aliphatic heterocycles. The molecule has 0 saturated heterocycles. The molecule has 2 aromatic carbocycles. The van der Waals surface area contributed by atoms with Crippen LogP contribution in [0, 0.1) is 0 Å². The van der Waals surface area contributed by atoms with E-state index >= 15 is 0 Å². The number of sulfonamides is 1. The molecule has 0 spiro atoms. The van der Waals surface area contributed by atoms with Crippen LogP contribution in [0.1, 0.15) is 9.67 Å². The quantitative estimate of drug-likeness (QED) is 0.670. The molecule has 0 fully saturated rings. The minimum absolute atomic E-state index is 0.150. The molecular weight excluding hydrogens is 408 g/mol. The van der Waals surface area contributed by atoms with E-state index in [4.69, 9.17) is 16.3 Å². The fourth-order valence-corrected chi connectivity index (χ4v) is 4.77. The number of fused-ring (bicyclic) bond motifs is 1. The van der Waals surface area contributed by atoms with Crippen molar-refractivity contribution in [3.8, 4) is 5.75 Å². The highest BCUT2D eigenvalue weighted by Gasteiger charge is 2.19. The lowest BCUT2D eigenvalue weighted by atomic mass is 10.2. The molecule has 0 aliphatic carbocycles. The first-order valence-corrected chi connectivity index (χ1v) is 10.5. The molecule has 142 valence electrons. The van der Waals surface area contributed by atoms with Crippen molar-refractivity contribution in [3.63, 3.8) is 0 Å². The zero-order chi connectivity index (χ0) is 19.8. The highest BCUT2D eigenvalue weighted by Crippen LogP contribution is 2.37. The molecule has 0 unspecified atom stereocenters. The van der Waals surface area contributed by atoms with Gasteiger partial charge in [0.2, 0.25) is 10.0 Å². The van der Waals surface area contributed by atoms with E-state index in [2.05, 4.69) is 5.32 Å². The summed E-state index contributed by atoms with van der Waals surface area (Å²) in [6, 6.07) is 11.4. The molecule has 0 radical (unpaired) electrons. The normalized spacial score (nSPS) is 11.7. The van der Waals surface area contributed by atoms with Gasteiger partial charge >= 0.3 is 0 Å². The zero-order valence-electron chi connectivity index (χ0n) is 14.8. The maximum absolute atomic E-state index is 12.6. The van der Waals surface area contributed by atoms with Crippen molar-refractivity contribution in [2.45, 2.75) is 4.90 Å². The summed E-state index contributed by atoms with van der Waals surface area (Å²) in [5.41, 5.74) is 0.476. The molecule has 3 aromatic rings. The fraction of sp³-hybridized carbons (Fsp3) is 0.167. The summed E-state index contributed by atoms with van der Waals surface area (Å²) in [4.78, 5) is 13.1. The van der Waals surface area contributed by atoms with Gasteiger partial charge in [0.1, 0.15) is 10.6 Å². The molecule has 0 saturated carbocycles. The molecule has 1 heterocycles. The number of benzene rings is 2. The number of nitrogens with zero attached hydrogens (tertiary/aromatic N) is 1. The van der Waals surface area contributed by atoms with E-state index in [9.17, 15) is 13.2 Å². The Morgan fingerprint density at radius 3 is 2.41 bits per heavy atom. The minimum Gasteiger partial charge on any atom is -0.497 e. The van der Waals surface area contributed by atoms with Crippen molar-refractivity contribution in [3.05, 3.63) is 52.4 Å². The Labute approximate surface area is 166 Å². The number of ether oxygens (including phenoxy) is 1. The molecule has 27 heavy (non-hydrogen) atoms. The average molecular weight is 425 g/mol. The third-order valence-corrected chi connectivity index (χ3v) is 7.42. The first kappa shape index (κ1) is 19.6. The van der Waals surface area contributed by atoms with Gasteiger partial charge in [0, 0.05) is 29.9 Å². The molecule has 0 bridgehead atoms. The number of halogens is 1. The second kappa shape index (κ2) is 7.47. The van der Waals surface area contributed by atoms with E-state index in [-0.39, 0.29) is 10.8 Å². The number of carbonyl (C=O) groups is 1. The molecule has 0 aliphatic rings. The second-order valence-corrected chi connectivity index (χ2v) is 9.46. The van der Waals surface area contributed by atoms with E-state index < -0.39 is 10.0 Å². The van der Waals surface area contributed by atoms with Crippen molar-refractivity contribution < 1.29 is 17.9 Å². The Kier molecular flexibility index (Phi) is 5.43. The molecular formula is C18H17ClN2O4S2. The maximum atomic E-state index is 12.6. The van der Waals surface area contributed by atoms with Crippen LogP contribution >= 0.6 is 22.9 Å². The molecule has 1 amide bonds. The topological polar surface area (TPSA) is 75.7 Å². The van der Waals surface area contributed by atoms with Crippen molar-refractivity contribution in [1.82, 2.24) is 4.31 Å². The third-order valence-electron chi connectivity index (χ3n) is 3.93. The molecule has 1 N–H and O–H groups in total. The van der Waals surface area contributed by atoms with E-state index in [1.165, 1.54) is 37.6 Å².